The Labute approximate surface area is 396 Å². The number of hydrogen-bond acceptors (Lipinski definition) is 10. The molecule has 5 heterocycles. The van der Waals surface area contributed by atoms with Crippen molar-refractivity contribution in [3.63, 3.8) is 0 Å². The number of fused-ring (bicyclic) bond motifs is 2. The van der Waals surface area contributed by atoms with Gasteiger partial charge in [0.15, 0.2) is 5.75 Å². The van der Waals surface area contributed by atoms with Crippen molar-refractivity contribution < 1.29 is 28.7 Å². The Balaban J connectivity index is 1.23. The van der Waals surface area contributed by atoms with Crippen molar-refractivity contribution in [1.82, 2.24) is 44.4 Å². The monoisotopic (exact) mass is 937 g/mol. The Morgan fingerprint density at radius 1 is 0.879 bits per heavy atom. The van der Waals surface area contributed by atoms with Crippen LogP contribution in [0.4, 0.5) is 0 Å². The number of halogens is 2. The highest BCUT2D eigenvalue weighted by Gasteiger charge is 2.46. The summed E-state index contributed by atoms with van der Waals surface area (Å²) in [6.07, 6.45) is 6.50. The Kier molecular flexibility index (Phi) is 15.4. The number of ether oxygens (including phenoxy) is 2. The predicted octanol–water partition coefficient (Wildman–Crippen LogP) is 6.21. The smallest absolute Gasteiger partial charge is 0.247 e. The van der Waals surface area contributed by atoms with Gasteiger partial charge in [-0.1, -0.05) is 65.7 Å². The molecule has 348 valence electrons. The first-order valence-electron chi connectivity index (χ1n) is 22.0. The van der Waals surface area contributed by atoms with Gasteiger partial charge in [-0.2, -0.15) is 0 Å². The maximum atomic E-state index is 15.0. The van der Waals surface area contributed by atoms with E-state index in [1.807, 2.05) is 91.3 Å². The number of carbonyl (C=O) groups is 4. The molecule has 2 saturated heterocycles. The molecule has 66 heavy (non-hydrogen) atoms. The fourth-order valence-corrected chi connectivity index (χ4v) is 9.16. The lowest BCUT2D eigenvalue weighted by molar-refractivity contribution is -0.153. The molecule has 0 aliphatic carbocycles. The fraction of sp³-hybridized carbons (Fsp3) is 0.408. The van der Waals surface area contributed by atoms with Crippen molar-refractivity contribution in [1.29, 1.82) is 0 Å². The van der Waals surface area contributed by atoms with Gasteiger partial charge in [-0.3, -0.25) is 29.1 Å². The first kappa shape index (κ1) is 48.1. The van der Waals surface area contributed by atoms with Gasteiger partial charge in [0.05, 0.1) is 60.0 Å². The number of methoxy groups -OCH3 is 1. The largest absolute Gasteiger partial charge is 0.454 e. The molecule has 2 aromatic carbocycles. The van der Waals surface area contributed by atoms with Gasteiger partial charge in [0.2, 0.25) is 23.6 Å². The molecule has 4 amide bonds. The summed E-state index contributed by atoms with van der Waals surface area (Å²) < 4.78 is 13.9. The topological polar surface area (TPSA) is 155 Å². The van der Waals surface area contributed by atoms with E-state index in [-0.39, 0.29) is 55.1 Å². The van der Waals surface area contributed by atoms with Crippen LogP contribution in [-0.2, 0) is 56.9 Å². The number of aromatic nitrogens is 4. The van der Waals surface area contributed by atoms with Crippen LogP contribution in [0.2, 0.25) is 10.0 Å². The van der Waals surface area contributed by atoms with E-state index in [1.54, 1.807) is 48.3 Å². The zero-order valence-electron chi connectivity index (χ0n) is 38.2. The van der Waals surface area contributed by atoms with E-state index in [0.29, 0.717) is 54.5 Å². The van der Waals surface area contributed by atoms with E-state index in [0.717, 1.165) is 22.6 Å². The average molecular weight is 939 g/mol. The lowest BCUT2D eigenvalue weighted by Gasteiger charge is -2.50. The van der Waals surface area contributed by atoms with Crippen LogP contribution in [0.15, 0.2) is 91.4 Å². The summed E-state index contributed by atoms with van der Waals surface area (Å²) in [7, 11) is 9.09. The minimum absolute atomic E-state index is 0.129. The van der Waals surface area contributed by atoms with Crippen molar-refractivity contribution in [2.75, 3.05) is 47.9 Å². The third kappa shape index (κ3) is 11.2. The van der Waals surface area contributed by atoms with E-state index >= 15 is 4.79 Å². The molecule has 2 fully saturated rings. The number of imidazole rings is 1. The lowest BCUT2D eigenvalue weighted by atomic mass is 9.80. The summed E-state index contributed by atoms with van der Waals surface area (Å²) in [5.41, 5.74) is 2.80. The van der Waals surface area contributed by atoms with E-state index in [9.17, 15) is 14.4 Å². The number of pyridine rings is 2. The molecule has 3 aromatic heterocycles. The highest BCUT2D eigenvalue weighted by molar-refractivity contribution is 6.30. The maximum Gasteiger partial charge on any atom is 0.247 e. The van der Waals surface area contributed by atoms with Crippen LogP contribution in [-0.4, -0.2) is 128 Å². The number of piperidine rings is 1. The van der Waals surface area contributed by atoms with Crippen molar-refractivity contribution in [2.24, 2.45) is 13.0 Å². The van der Waals surface area contributed by atoms with Crippen LogP contribution in [0.5, 0.6) is 11.5 Å². The molecule has 2 aliphatic rings. The molecule has 0 spiro atoms. The fourth-order valence-electron chi connectivity index (χ4n) is 8.89. The first-order valence-corrected chi connectivity index (χ1v) is 22.8. The van der Waals surface area contributed by atoms with Crippen molar-refractivity contribution >= 4 is 46.8 Å². The Morgan fingerprint density at radius 3 is 2.33 bits per heavy atom. The number of rotatable bonds is 13. The molecular formula is C49H57Cl2N9O6. The third-order valence-electron chi connectivity index (χ3n) is 12.6. The number of benzene rings is 2. The van der Waals surface area contributed by atoms with E-state index < -0.39 is 35.4 Å². The first-order chi connectivity index (χ1) is 31.6. The second kappa shape index (κ2) is 21.2. The zero-order valence-corrected chi connectivity index (χ0v) is 39.8. The molecular weight excluding hydrogens is 882 g/mol. The van der Waals surface area contributed by atoms with Gasteiger partial charge >= 0.3 is 0 Å². The predicted molar refractivity (Wildman–Crippen MR) is 252 cm³/mol. The molecule has 2 bridgehead atoms. The lowest BCUT2D eigenvalue weighted by Crippen LogP contribution is -2.65. The SMILES string of the molecule is COC[C@@H]1NC(=O)[C@H](C)N(Cc2ncc(Cl)cc2Oc2ccc(-c3cnc(CN(C)C)n3C)nc2)C(=O)C[C@@H](Cc2ccccc2)C(=O)N2CCC[C@@](Cc3ccc(Cl)cc3)(C2)N(C)C1=O. The quantitative estimate of drug-likeness (QED) is 0.144. The van der Waals surface area contributed by atoms with Gasteiger partial charge in [-0.05, 0) is 82.1 Å². The molecule has 2 aliphatic heterocycles. The van der Waals surface area contributed by atoms with Crippen molar-refractivity contribution in [3.05, 3.63) is 124 Å². The highest BCUT2D eigenvalue weighted by Crippen LogP contribution is 2.35. The summed E-state index contributed by atoms with van der Waals surface area (Å²) in [5, 5.41) is 3.79. The normalized spacial score (nSPS) is 21.0. The highest BCUT2D eigenvalue weighted by atomic mass is 35.5. The number of amides is 4. The van der Waals surface area contributed by atoms with Gasteiger partial charge in [0.25, 0.3) is 0 Å². The molecule has 15 nitrogen and oxygen atoms in total. The van der Waals surface area contributed by atoms with E-state index in [1.165, 1.54) is 18.2 Å². The van der Waals surface area contributed by atoms with Crippen LogP contribution in [0.25, 0.3) is 11.4 Å². The van der Waals surface area contributed by atoms with Gasteiger partial charge in [-0.25, -0.2) is 4.98 Å². The molecule has 4 atom stereocenters. The maximum absolute atomic E-state index is 15.0. The summed E-state index contributed by atoms with van der Waals surface area (Å²) in [5.74, 6) is -0.937. The van der Waals surface area contributed by atoms with Gasteiger partial charge in [0, 0.05) is 58.0 Å². The standard InChI is InChI=1S/C49H57Cl2N9O6/c1-32-46(62)55-41(30-65-6)48(64)58(5)49(24-34-13-15-36(50)16-14-34)19-10-20-59(31-49)47(63)35(21-33-11-8-7-9-12-33)22-45(61)60(32)28-40-43(23-37(51)25-52-40)66-38-17-18-39(53-26-38)42-27-54-44(57(42)4)29-56(2)3/h7-9,11-18,23,25-27,32,35,41H,10,19-22,24,28-31H2,1-6H3,(H,55,62)/t32-,35+,41-,49+/m0/s1. The number of nitrogens with zero attached hydrogens (tertiary/aromatic N) is 8. The van der Waals surface area contributed by atoms with Crippen LogP contribution in [0.3, 0.4) is 0 Å². The number of nitrogens with one attached hydrogen (secondary N) is 1. The second-order valence-corrected chi connectivity index (χ2v) is 18.4. The summed E-state index contributed by atoms with van der Waals surface area (Å²) in [4.78, 5) is 79.9. The van der Waals surface area contributed by atoms with Crippen molar-refractivity contribution in [2.45, 2.75) is 69.7 Å². The van der Waals surface area contributed by atoms with Crippen molar-refractivity contribution in [3.8, 4) is 22.9 Å². The Morgan fingerprint density at radius 2 is 1.64 bits per heavy atom. The van der Waals surface area contributed by atoms with Crippen LogP contribution in [0, 0.1) is 5.92 Å². The molecule has 17 heteroatoms. The van der Waals surface area contributed by atoms with Gasteiger partial charge in [-0.15, -0.1) is 0 Å². The molecule has 1 N–H and O–H groups in total. The minimum atomic E-state index is -1.14. The van der Waals surface area contributed by atoms with Crippen LogP contribution < -0.4 is 10.1 Å². The number of likely N-dealkylation sites (N-methyl/N-ethyl adjacent to an activating group) is 1. The zero-order chi connectivity index (χ0) is 47.1. The molecule has 5 aromatic rings. The summed E-state index contributed by atoms with van der Waals surface area (Å²) in [6, 6.07) is 20.0. The Bertz CT molecular complexity index is 2510. The van der Waals surface area contributed by atoms with Crippen LogP contribution in [0.1, 0.15) is 48.8 Å². The number of hydrogen-bond donors (Lipinski definition) is 1. The van der Waals surface area contributed by atoms with Crippen LogP contribution >= 0.6 is 23.2 Å². The summed E-state index contributed by atoms with van der Waals surface area (Å²) >= 11 is 12.8. The molecule has 0 saturated carbocycles. The van der Waals surface area contributed by atoms with Gasteiger partial charge in [0.1, 0.15) is 29.4 Å². The molecule has 0 unspecified atom stereocenters. The molecule has 7 rings (SSSR count). The molecule has 0 radical (unpaired) electrons. The second-order valence-electron chi connectivity index (χ2n) is 17.5. The third-order valence-corrected chi connectivity index (χ3v) is 13.0. The Hall–Kier alpha value is -5.87. The van der Waals surface area contributed by atoms with E-state index in [2.05, 4.69) is 20.3 Å². The number of carbonyl (C=O) groups excluding carboxylic acids is 4. The summed E-state index contributed by atoms with van der Waals surface area (Å²) in [6.45, 7) is 2.60. The van der Waals surface area contributed by atoms with Gasteiger partial charge < -0.3 is 39.0 Å². The average Bonchev–Trinajstić information content (AvgIpc) is 3.66. The minimum Gasteiger partial charge on any atom is -0.454 e. The van der Waals surface area contributed by atoms with E-state index in [4.69, 9.17) is 32.7 Å².